The number of hydrogen-bond acceptors (Lipinski definition) is 2. The number of carbonyl (C=O) groups is 2. The number of carbonyl (C=O) groups excluding carboxylic acids is 1. The lowest BCUT2D eigenvalue weighted by atomic mass is 9.93. The smallest absolute Gasteiger partial charge is 0.323 e. The van der Waals surface area contributed by atoms with Crippen LogP contribution < -0.4 is 4.90 Å². The Morgan fingerprint density at radius 3 is 2.50 bits per heavy atom. The molecule has 5 heteroatoms. The van der Waals surface area contributed by atoms with Gasteiger partial charge < -0.3 is 10.0 Å². The summed E-state index contributed by atoms with van der Waals surface area (Å²) in [6.07, 6.45) is 0.531. The molecule has 0 aliphatic carbocycles. The summed E-state index contributed by atoms with van der Waals surface area (Å²) in [7, 11) is 0. The summed E-state index contributed by atoms with van der Waals surface area (Å²) in [4.78, 5) is 25.0. The van der Waals surface area contributed by atoms with Gasteiger partial charge in [-0.05, 0) is 35.7 Å². The monoisotopic (exact) mass is 315 g/mol. The van der Waals surface area contributed by atoms with Crippen LogP contribution in [0.4, 0.5) is 5.69 Å². The van der Waals surface area contributed by atoms with E-state index >= 15 is 0 Å². The van der Waals surface area contributed by atoms with Crippen LogP contribution in [0.25, 0.3) is 0 Å². The van der Waals surface area contributed by atoms with Crippen LogP contribution in [0.1, 0.15) is 17.0 Å². The number of halogens is 1. The fourth-order valence-corrected chi connectivity index (χ4v) is 2.95. The molecular formula is C17H14ClNO3. The zero-order valence-electron chi connectivity index (χ0n) is 11.7. The van der Waals surface area contributed by atoms with Crippen LogP contribution >= 0.6 is 11.6 Å². The molecule has 0 aromatic heterocycles. The highest BCUT2D eigenvalue weighted by Gasteiger charge is 2.37. The summed E-state index contributed by atoms with van der Waals surface area (Å²) in [5.41, 5.74) is 2.56. The van der Waals surface area contributed by atoms with Crippen molar-refractivity contribution in [2.24, 2.45) is 0 Å². The third-order valence-corrected chi connectivity index (χ3v) is 4.07. The Hall–Kier alpha value is -2.33. The molecule has 2 aromatic rings. The van der Waals surface area contributed by atoms with Gasteiger partial charge in [0.2, 0.25) is 5.91 Å². The van der Waals surface area contributed by atoms with Crippen LogP contribution in [0.5, 0.6) is 0 Å². The third-order valence-electron chi connectivity index (χ3n) is 3.81. The minimum Gasteiger partial charge on any atom is -0.480 e. The number of hydrogen-bond donors (Lipinski definition) is 1. The van der Waals surface area contributed by atoms with Crippen LogP contribution in [0.15, 0.2) is 48.5 Å². The second-order valence-electron chi connectivity index (χ2n) is 5.26. The van der Waals surface area contributed by atoms with Crippen LogP contribution in [-0.2, 0) is 16.0 Å². The first kappa shape index (κ1) is 14.6. The van der Waals surface area contributed by atoms with Gasteiger partial charge >= 0.3 is 5.97 Å². The maximum absolute atomic E-state index is 12.6. The van der Waals surface area contributed by atoms with Gasteiger partial charge in [0.25, 0.3) is 0 Å². The molecular weight excluding hydrogens is 302 g/mol. The SMILES string of the molecule is O=C(O)CN1C(=O)C(Cc2ccc(Cl)cc2)c2ccccc21. The molecule has 0 spiro atoms. The van der Waals surface area contributed by atoms with Crippen molar-refractivity contribution < 1.29 is 14.7 Å². The van der Waals surface area contributed by atoms with Crippen molar-refractivity contribution in [2.45, 2.75) is 12.3 Å². The van der Waals surface area contributed by atoms with Crippen LogP contribution in [0.2, 0.25) is 5.02 Å². The lowest BCUT2D eigenvalue weighted by Gasteiger charge is -2.15. The normalized spacial score (nSPS) is 16.7. The number of para-hydroxylation sites is 1. The summed E-state index contributed by atoms with van der Waals surface area (Å²) >= 11 is 5.88. The van der Waals surface area contributed by atoms with E-state index in [9.17, 15) is 9.59 Å². The van der Waals surface area contributed by atoms with Crippen molar-refractivity contribution >= 4 is 29.2 Å². The highest BCUT2D eigenvalue weighted by atomic mass is 35.5. The Labute approximate surface area is 132 Å². The molecule has 3 rings (SSSR count). The largest absolute Gasteiger partial charge is 0.480 e. The van der Waals surface area contributed by atoms with Gasteiger partial charge in [-0.2, -0.15) is 0 Å². The van der Waals surface area contributed by atoms with Gasteiger partial charge in [0.05, 0.1) is 5.92 Å². The Bertz CT molecular complexity index is 727. The fraction of sp³-hybridized carbons (Fsp3) is 0.176. The summed E-state index contributed by atoms with van der Waals surface area (Å²) in [5, 5.41) is 9.66. The first-order valence-corrected chi connectivity index (χ1v) is 7.30. The number of amides is 1. The maximum atomic E-state index is 12.6. The molecule has 0 radical (unpaired) electrons. The summed E-state index contributed by atoms with van der Waals surface area (Å²) < 4.78 is 0. The predicted octanol–water partition coefficient (Wildman–Crippen LogP) is 3.10. The van der Waals surface area contributed by atoms with E-state index in [4.69, 9.17) is 16.7 Å². The van der Waals surface area contributed by atoms with E-state index in [1.807, 2.05) is 30.3 Å². The first-order valence-electron chi connectivity index (χ1n) is 6.93. The predicted molar refractivity (Wildman–Crippen MR) is 84.3 cm³/mol. The Balaban J connectivity index is 1.93. The van der Waals surface area contributed by atoms with Gasteiger partial charge in [-0.25, -0.2) is 0 Å². The van der Waals surface area contributed by atoms with Gasteiger partial charge in [-0.1, -0.05) is 41.9 Å². The Kier molecular flexibility index (Phi) is 3.86. The maximum Gasteiger partial charge on any atom is 0.323 e. The van der Waals surface area contributed by atoms with Crippen molar-refractivity contribution in [3.63, 3.8) is 0 Å². The van der Waals surface area contributed by atoms with Crippen LogP contribution in [0.3, 0.4) is 0 Å². The molecule has 1 aliphatic heterocycles. The van der Waals surface area contributed by atoms with E-state index in [2.05, 4.69) is 0 Å². The topological polar surface area (TPSA) is 57.6 Å². The number of anilines is 1. The van der Waals surface area contributed by atoms with Crippen molar-refractivity contribution in [1.82, 2.24) is 0 Å². The first-order chi connectivity index (χ1) is 10.6. The van der Waals surface area contributed by atoms with E-state index in [1.54, 1.807) is 18.2 Å². The summed E-state index contributed by atoms with van der Waals surface area (Å²) in [6, 6.07) is 14.7. The highest BCUT2D eigenvalue weighted by molar-refractivity contribution is 6.30. The van der Waals surface area contributed by atoms with Gasteiger partial charge in [0, 0.05) is 10.7 Å². The van der Waals surface area contributed by atoms with Crippen molar-refractivity contribution in [2.75, 3.05) is 11.4 Å². The third kappa shape index (κ3) is 2.70. The minimum atomic E-state index is -1.02. The molecule has 0 bridgehead atoms. The molecule has 1 aliphatic rings. The number of nitrogens with zero attached hydrogens (tertiary/aromatic N) is 1. The molecule has 0 saturated heterocycles. The van der Waals surface area contributed by atoms with E-state index < -0.39 is 5.97 Å². The van der Waals surface area contributed by atoms with Crippen LogP contribution in [0, 0.1) is 0 Å². The van der Waals surface area contributed by atoms with Crippen molar-refractivity contribution in [3.05, 3.63) is 64.7 Å². The molecule has 0 fully saturated rings. The van der Waals surface area contributed by atoms with Gasteiger partial charge in [0.1, 0.15) is 6.54 Å². The molecule has 1 heterocycles. The van der Waals surface area contributed by atoms with Crippen molar-refractivity contribution in [1.29, 1.82) is 0 Å². The summed E-state index contributed by atoms with van der Waals surface area (Å²) in [5.74, 6) is -1.54. The number of fused-ring (bicyclic) bond motifs is 1. The number of carboxylic acids is 1. The standard InChI is InChI=1S/C17H14ClNO3/c18-12-7-5-11(6-8-12)9-14-13-3-1-2-4-15(13)19(17(14)22)10-16(20)21/h1-8,14H,9-10H2,(H,20,21). The van der Waals surface area contributed by atoms with Crippen LogP contribution in [-0.4, -0.2) is 23.5 Å². The molecule has 2 aromatic carbocycles. The second kappa shape index (κ2) is 5.81. The van der Waals surface area contributed by atoms with E-state index in [0.29, 0.717) is 17.1 Å². The van der Waals surface area contributed by atoms with Crippen molar-refractivity contribution in [3.8, 4) is 0 Å². The fourth-order valence-electron chi connectivity index (χ4n) is 2.82. The second-order valence-corrected chi connectivity index (χ2v) is 5.70. The van der Waals surface area contributed by atoms with E-state index in [1.165, 1.54) is 4.90 Å². The Morgan fingerprint density at radius 2 is 1.82 bits per heavy atom. The van der Waals surface area contributed by atoms with Gasteiger partial charge in [-0.3, -0.25) is 9.59 Å². The lowest BCUT2D eigenvalue weighted by Crippen LogP contribution is -2.34. The van der Waals surface area contributed by atoms with Gasteiger partial charge in [-0.15, -0.1) is 0 Å². The molecule has 1 unspecified atom stereocenters. The lowest BCUT2D eigenvalue weighted by molar-refractivity contribution is -0.136. The zero-order valence-corrected chi connectivity index (χ0v) is 12.5. The number of carboxylic acid groups (broad SMARTS) is 1. The molecule has 22 heavy (non-hydrogen) atoms. The molecule has 1 atom stereocenters. The molecule has 112 valence electrons. The average Bonchev–Trinajstić information content (AvgIpc) is 2.75. The number of aliphatic carboxylic acids is 1. The quantitative estimate of drug-likeness (QED) is 0.943. The Morgan fingerprint density at radius 1 is 1.14 bits per heavy atom. The minimum absolute atomic E-state index is 0.168. The van der Waals surface area contributed by atoms with Gasteiger partial charge in [0.15, 0.2) is 0 Å². The molecule has 0 saturated carbocycles. The molecule has 1 N–H and O–H groups in total. The number of benzene rings is 2. The summed E-state index contributed by atoms with van der Waals surface area (Å²) in [6.45, 7) is -0.313. The molecule has 1 amide bonds. The average molecular weight is 316 g/mol. The van der Waals surface area contributed by atoms with E-state index in [-0.39, 0.29) is 18.4 Å². The highest BCUT2D eigenvalue weighted by Crippen LogP contribution is 2.38. The number of rotatable bonds is 4. The zero-order chi connectivity index (χ0) is 15.7. The molecule has 4 nitrogen and oxygen atoms in total. The van der Waals surface area contributed by atoms with E-state index in [0.717, 1.165) is 11.1 Å².